The van der Waals surface area contributed by atoms with Gasteiger partial charge in [-0.1, -0.05) is 29.3 Å². The Morgan fingerprint density at radius 3 is 2.72 bits per heavy atom. The van der Waals surface area contributed by atoms with Crippen LogP contribution in [0, 0.1) is 6.92 Å². The van der Waals surface area contributed by atoms with Crippen molar-refractivity contribution in [1.29, 1.82) is 0 Å². The van der Waals surface area contributed by atoms with Crippen molar-refractivity contribution in [3.63, 3.8) is 0 Å². The molecule has 7 nitrogen and oxygen atoms in total. The van der Waals surface area contributed by atoms with Crippen molar-refractivity contribution < 1.29 is 28.3 Å². The fourth-order valence-corrected chi connectivity index (χ4v) is 3.61. The highest BCUT2D eigenvalue weighted by molar-refractivity contribution is 6.35. The lowest BCUT2D eigenvalue weighted by Crippen LogP contribution is -2.10. The van der Waals surface area contributed by atoms with Crippen LogP contribution in [0.5, 0.6) is 17.4 Å². The van der Waals surface area contributed by atoms with Gasteiger partial charge < -0.3 is 18.7 Å². The smallest absolute Gasteiger partial charge is 0.311 e. The van der Waals surface area contributed by atoms with Crippen molar-refractivity contribution in [2.45, 2.75) is 19.8 Å². The van der Waals surface area contributed by atoms with Gasteiger partial charge in [0.2, 0.25) is 5.78 Å². The van der Waals surface area contributed by atoms with Crippen molar-refractivity contribution in [2.75, 3.05) is 7.11 Å². The Hall–Kier alpha value is -3.29. The van der Waals surface area contributed by atoms with Crippen LogP contribution in [0.4, 0.5) is 0 Å². The first-order chi connectivity index (χ1) is 15.4. The average molecular weight is 474 g/mol. The molecule has 0 unspecified atom stereocenters. The Kier molecular flexibility index (Phi) is 6.21. The third-order valence-corrected chi connectivity index (χ3v) is 5.39. The van der Waals surface area contributed by atoms with Crippen LogP contribution in [-0.2, 0) is 11.2 Å². The third-order valence-electron chi connectivity index (χ3n) is 4.83. The largest absolute Gasteiger partial charge is 0.479 e. The first-order valence-electron chi connectivity index (χ1n) is 9.59. The first kappa shape index (κ1) is 21.9. The molecule has 0 spiro atoms. The number of carbonyl (C=O) groups is 2. The number of esters is 1. The van der Waals surface area contributed by atoms with Crippen LogP contribution in [0.1, 0.15) is 33.7 Å². The molecule has 1 aromatic heterocycles. The van der Waals surface area contributed by atoms with Crippen LogP contribution in [-0.4, -0.2) is 24.0 Å². The summed E-state index contributed by atoms with van der Waals surface area (Å²) in [6.07, 6.45) is 1.94. The summed E-state index contributed by atoms with van der Waals surface area (Å²) in [5.41, 5.74) is 1.52. The zero-order valence-electron chi connectivity index (χ0n) is 17.1. The second-order valence-electron chi connectivity index (χ2n) is 6.98. The average Bonchev–Trinajstić information content (AvgIpc) is 3.36. The summed E-state index contributed by atoms with van der Waals surface area (Å²) in [7, 11) is 1.48. The molecule has 0 saturated carbocycles. The number of Topliss-reactive ketones (excluding diaryl/α,β-unsaturated/α-hetero) is 1. The van der Waals surface area contributed by atoms with E-state index in [0.717, 1.165) is 0 Å². The maximum atomic E-state index is 12.8. The van der Waals surface area contributed by atoms with Gasteiger partial charge in [0.1, 0.15) is 17.3 Å². The number of fused-ring (bicyclic) bond motifs is 1. The number of benzene rings is 2. The number of rotatable bonds is 6. The number of nitrogens with zero attached hydrogens (tertiary/aromatic N) is 1. The SMILES string of the molecule is COc1cc(CCC(=O)Oc2ccc3c(c2C)O/C(=C\c2ccc(Cl)cc2Cl)C3=O)on1. The zero-order valence-corrected chi connectivity index (χ0v) is 18.6. The molecule has 2 aromatic carbocycles. The maximum Gasteiger partial charge on any atom is 0.311 e. The Bertz CT molecular complexity index is 1250. The fraction of sp³-hybridized carbons (Fsp3) is 0.174. The molecule has 0 fully saturated rings. The number of ether oxygens (including phenoxy) is 3. The molecule has 0 atom stereocenters. The number of halogens is 2. The monoisotopic (exact) mass is 473 g/mol. The first-order valence-corrected chi connectivity index (χ1v) is 10.3. The van der Waals surface area contributed by atoms with Gasteiger partial charge in [-0.3, -0.25) is 9.59 Å². The topological polar surface area (TPSA) is 87.9 Å². The Labute approximate surface area is 193 Å². The number of aromatic nitrogens is 1. The molecular weight excluding hydrogens is 457 g/mol. The Morgan fingerprint density at radius 1 is 1.19 bits per heavy atom. The molecule has 32 heavy (non-hydrogen) atoms. The number of ketones is 1. The summed E-state index contributed by atoms with van der Waals surface area (Å²) >= 11 is 12.1. The van der Waals surface area contributed by atoms with Crippen LogP contribution < -0.4 is 14.2 Å². The van der Waals surface area contributed by atoms with Gasteiger partial charge in [-0.05, 0) is 48.0 Å². The minimum atomic E-state index is -0.462. The molecule has 0 saturated heterocycles. The van der Waals surface area contributed by atoms with Gasteiger partial charge in [-0.15, -0.1) is 0 Å². The van der Waals surface area contributed by atoms with E-state index in [1.54, 1.807) is 49.4 Å². The minimum Gasteiger partial charge on any atom is -0.479 e. The lowest BCUT2D eigenvalue weighted by molar-refractivity contribution is -0.134. The van der Waals surface area contributed by atoms with E-state index in [9.17, 15) is 9.59 Å². The summed E-state index contributed by atoms with van der Waals surface area (Å²) in [5, 5.41) is 4.57. The predicted octanol–water partition coefficient (Wildman–Crippen LogP) is 5.45. The predicted molar refractivity (Wildman–Crippen MR) is 118 cm³/mol. The Morgan fingerprint density at radius 2 is 2.00 bits per heavy atom. The van der Waals surface area contributed by atoms with Crippen molar-refractivity contribution in [3.05, 3.63) is 74.7 Å². The number of methoxy groups -OCH3 is 1. The molecule has 0 N–H and O–H groups in total. The summed E-state index contributed by atoms with van der Waals surface area (Å²) in [6, 6.07) is 9.70. The molecule has 0 amide bonds. The highest BCUT2D eigenvalue weighted by Gasteiger charge is 2.30. The van der Waals surface area contributed by atoms with E-state index in [0.29, 0.717) is 56.3 Å². The quantitative estimate of drug-likeness (QED) is 0.267. The second kappa shape index (κ2) is 9.06. The molecule has 3 aromatic rings. The Balaban J connectivity index is 1.48. The number of aryl methyl sites for hydroxylation is 1. The molecule has 1 aliphatic rings. The van der Waals surface area contributed by atoms with E-state index in [1.807, 2.05) is 0 Å². The van der Waals surface area contributed by atoms with Crippen LogP contribution in [0.15, 0.2) is 46.7 Å². The van der Waals surface area contributed by atoms with Crippen molar-refractivity contribution in [3.8, 4) is 17.4 Å². The summed E-state index contributed by atoms with van der Waals surface area (Å²) in [4.78, 5) is 25.0. The zero-order chi connectivity index (χ0) is 22.8. The van der Waals surface area contributed by atoms with E-state index in [4.69, 9.17) is 41.9 Å². The number of hydrogen-bond donors (Lipinski definition) is 0. The van der Waals surface area contributed by atoms with Crippen molar-refractivity contribution in [1.82, 2.24) is 5.16 Å². The van der Waals surface area contributed by atoms with E-state index >= 15 is 0 Å². The highest BCUT2D eigenvalue weighted by Crippen LogP contribution is 2.40. The molecule has 9 heteroatoms. The summed E-state index contributed by atoms with van der Waals surface area (Å²) < 4.78 is 21.3. The molecule has 2 heterocycles. The molecule has 0 aliphatic carbocycles. The molecular formula is C23H17Cl2NO6. The second-order valence-corrected chi connectivity index (χ2v) is 7.82. The standard InChI is InChI=1S/C23H17Cl2NO6/c1-12-18(30-21(27)8-5-15-11-20(29-2)26-32-15)7-6-16-22(28)19(31-23(12)16)9-13-3-4-14(24)10-17(13)25/h3-4,6-7,9-11H,5,8H2,1-2H3/b19-9-. The van der Waals surface area contributed by atoms with Gasteiger partial charge in [0.05, 0.1) is 19.1 Å². The van der Waals surface area contributed by atoms with Gasteiger partial charge in [0.15, 0.2) is 5.76 Å². The van der Waals surface area contributed by atoms with Gasteiger partial charge >= 0.3 is 5.97 Å². The lowest BCUT2D eigenvalue weighted by atomic mass is 10.1. The van der Waals surface area contributed by atoms with Gasteiger partial charge in [0.25, 0.3) is 5.88 Å². The van der Waals surface area contributed by atoms with E-state index < -0.39 is 5.97 Å². The van der Waals surface area contributed by atoms with E-state index in [2.05, 4.69) is 5.16 Å². The molecule has 1 aliphatic heterocycles. The number of carbonyl (C=O) groups excluding carboxylic acids is 2. The normalized spacial score (nSPS) is 13.8. The number of allylic oxidation sites excluding steroid dienone is 1. The lowest BCUT2D eigenvalue weighted by Gasteiger charge is -2.09. The molecule has 4 rings (SSSR count). The third kappa shape index (κ3) is 4.49. The van der Waals surface area contributed by atoms with Gasteiger partial charge in [-0.25, -0.2) is 0 Å². The molecule has 0 bridgehead atoms. The van der Waals surface area contributed by atoms with E-state index in [-0.39, 0.29) is 18.0 Å². The van der Waals surface area contributed by atoms with E-state index in [1.165, 1.54) is 7.11 Å². The minimum absolute atomic E-state index is 0.0783. The van der Waals surface area contributed by atoms with Crippen LogP contribution in [0.25, 0.3) is 6.08 Å². The molecule has 0 radical (unpaired) electrons. The van der Waals surface area contributed by atoms with Crippen LogP contribution >= 0.6 is 23.2 Å². The van der Waals surface area contributed by atoms with Crippen molar-refractivity contribution in [2.24, 2.45) is 0 Å². The summed E-state index contributed by atoms with van der Waals surface area (Å²) in [5.74, 6) is 0.874. The maximum absolute atomic E-state index is 12.8. The summed E-state index contributed by atoms with van der Waals surface area (Å²) in [6.45, 7) is 1.72. The number of hydrogen-bond acceptors (Lipinski definition) is 7. The fourth-order valence-electron chi connectivity index (χ4n) is 3.15. The van der Waals surface area contributed by atoms with Gasteiger partial charge in [0, 0.05) is 28.1 Å². The van der Waals surface area contributed by atoms with Crippen molar-refractivity contribution >= 4 is 41.0 Å². The van der Waals surface area contributed by atoms with Gasteiger partial charge in [-0.2, -0.15) is 0 Å². The van der Waals surface area contributed by atoms with Crippen LogP contribution in [0.3, 0.4) is 0 Å². The highest BCUT2D eigenvalue weighted by atomic mass is 35.5. The van der Waals surface area contributed by atoms with Crippen LogP contribution in [0.2, 0.25) is 10.0 Å². The molecule has 164 valence electrons.